The van der Waals surface area contributed by atoms with E-state index in [1.54, 1.807) is 7.11 Å². The van der Waals surface area contributed by atoms with E-state index < -0.39 is 0 Å². The Morgan fingerprint density at radius 2 is 1.70 bits per heavy atom. The molecule has 0 unspecified atom stereocenters. The number of carbonyl (C=O) groups excluding carboxylic acids is 2. The van der Waals surface area contributed by atoms with Gasteiger partial charge in [0.2, 0.25) is 0 Å². The number of carbonyl (C=O) groups is 2. The molecule has 0 aromatic heterocycles. The average Bonchev–Trinajstić information content (AvgIpc) is 2.89. The number of imide groups is 1. The van der Waals surface area contributed by atoms with E-state index in [9.17, 15) is 9.59 Å². The Morgan fingerprint density at radius 1 is 1.00 bits per heavy atom. The first kappa shape index (κ1) is 19.6. The Balaban J connectivity index is 1.99. The molecule has 0 bridgehead atoms. The van der Waals surface area contributed by atoms with Crippen LogP contribution >= 0.6 is 0 Å². The van der Waals surface area contributed by atoms with Gasteiger partial charge in [0.1, 0.15) is 5.70 Å². The molecule has 1 fully saturated rings. The first-order chi connectivity index (χ1) is 12.9. The minimum absolute atomic E-state index is 0.172. The monoisotopic (exact) mass is 371 g/mol. The predicted molar refractivity (Wildman–Crippen MR) is 105 cm³/mol. The van der Waals surface area contributed by atoms with Crippen molar-refractivity contribution in [2.45, 2.75) is 20.3 Å². The Morgan fingerprint density at radius 3 is 2.33 bits per heavy atom. The van der Waals surface area contributed by atoms with E-state index in [-0.39, 0.29) is 11.8 Å². The third-order valence-corrected chi connectivity index (χ3v) is 5.49. The van der Waals surface area contributed by atoms with E-state index in [0.29, 0.717) is 30.8 Å². The summed E-state index contributed by atoms with van der Waals surface area (Å²) in [4.78, 5) is 32.1. The number of hydrogen-bond donors (Lipinski definition) is 0. The summed E-state index contributed by atoms with van der Waals surface area (Å²) in [6.45, 7) is 8.27. The molecule has 0 aliphatic carbocycles. The van der Waals surface area contributed by atoms with Gasteiger partial charge in [0, 0.05) is 46.4 Å². The second kappa shape index (κ2) is 8.23. The molecule has 2 heterocycles. The van der Waals surface area contributed by atoms with Gasteiger partial charge in [-0.2, -0.15) is 0 Å². The molecule has 2 amide bonds. The number of aryl methyl sites for hydroxylation is 2. The SMILES string of the molecule is COCCCN1C(=O)C(c2ccc(C)c(C)c2)=C(N2CCN(C)CC2)C1=O. The van der Waals surface area contributed by atoms with E-state index in [2.05, 4.69) is 16.8 Å². The fourth-order valence-corrected chi connectivity index (χ4v) is 3.61. The lowest BCUT2D eigenvalue weighted by molar-refractivity contribution is -0.137. The van der Waals surface area contributed by atoms with Gasteiger partial charge in [-0.3, -0.25) is 14.5 Å². The molecule has 1 aromatic carbocycles. The fraction of sp³-hybridized carbons (Fsp3) is 0.524. The van der Waals surface area contributed by atoms with Crippen LogP contribution in [0.4, 0.5) is 0 Å². The topological polar surface area (TPSA) is 53.1 Å². The number of piperazine rings is 1. The van der Waals surface area contributed by atoms with Crippen molar-refractivity contribution in [3.8, 4) is 0 Å². The molecule has 6 heteroatoms. The molecular formula is C21H29N3O3. The predicted octanol–water partition coefficient (Wildman–Crippen LogP) is 1.67. The van der Waals surface area contributed by atoms with Crippen LogP contribution in [0, 0.1) is 13.8 Å². The van der Waals surface area contributed by atoms with Crippen LogP contribution in [0.1, 0.15) is 23.1 Å². The lowest BCUT2D eigenvalue weighted by Gasteiger charge is -2.34. The van der Waals surface area contributed by atoms with E-state index in [1.807, 2.05) is 32.0 Å². The Kier molecular flexibility index (Phi) is 5.97. The highest BCUT2D eigenvalue weighted by molar-refractivity contribution is 6.35. The smallest absolute Gasteiger partial charge is 0.277 e. The third kappa shape index (κ3) is 3.92. The van der Waals surface area contributed by atoms with Crippen LogP contribution in [0.3, 0.4) is 0 Å². The first-order valence-electron chi connectivity index (χ1n) is 9.54. The molecule has 0 radical (unpaired) electrons. The van der Waals surface area contributed by atoms with Crippen molar-refractivity contribution >= 4 is 17.4 Å². The van der Waals surface area contributed by atoms with Gasteiger partial charge in [-0.1, -0.05) is 18.2 Å². The molecule has 3 rings (SSSR count). The summed E-state index contributed by atoms with van der Waals surface area (Å²) in [5.41, 5.74) is 4.24. The van der Waals surface area contributed by atoms with Crippen molar-refractivity contribution in [2.75, 3.05) is 53.5 Å². The van der Waals surface area contributed by atoms with E-state index >= 15 is 0 Å². The lowest BCUT2D eigenvalue weighted by Crippen LogP contribution is -2.46. The molecular weight excluding hydrogens is 342 g/mol. The van der Waals surface area contributed by atoms with Crippen LogP contribution < -0.4 is 0 Å². The van der Waals surface area contributed by atoms with Gasteiger partial charge in [0.05, 0.1) is 5.57 Å². The van der Waals surface area contributed by atoms with Crippen molar-refractivity contribution in [2.24, 2.45) is 0 Å². The average molecular weight is 371 g/mol. The largest absolute Gasteiger partial charge is 0.385 e. The van der Waals surface area contributed by atoms with Crippen molar-refractivity contribution in [1.29, 1.82) is 0 Å². The normalized spacial score (nSPS) is 18.8. The van der Waals surface area contributed by atoms with Gasteiger partial charge < -0.3 is 14.5 Å². The molecule has 1 aromatic rings. The zero-order chi connectivity index (χ0) is 19.6. The standard InChI is InChI=1S/C21H29N3O3/c1-15-6-7-17(14-16(15)2)18-19(23-11-9-22(3)10-12-23)21(26)24(20(18)25)8-5-13-27-4/h6-7,14H,5,8-13H2,1-4H3. The van der Waals surface area contributed by atoms with Gasteiger partial charge in [-0.15, -0.1) is 0 Å². The Bertz CT molecular complexity index is 764. The van der Waals surface area contributed by atoms with Crippen LogP contribution in [0.2, 0.25) is 0 Å². The fourth-order valence-electron chi connectivity index (χ4n) is 3.61. The van der Waals surface area contributed by atoms with E-state index in [1.165, 1.54) is 10.5 Å². The number of likely N-dealkylation sites (N-methyl/N-ethyl adjacent to an activating group) is 1. The Hall–Kier alpha value is -2.18. The number of ether oxygens (including phenoxy) is 1. The molecule has 146 valence electrons. The Labute approximate surface area is 161 Å². The molecule has 0 spiro atoms. The van der Waals surface area contributed by atoms with Crippen molar-refractivity contribution < 1.29 is 14.3 Å². The van der Waals surface area contributed by atoms with Crippen LogP contribution in [0.15, 0.2) is 23.9 Å². The van der Waals surface area contributed by atoms with Gasteiger partial charge in [0.25, 0.3) is 11.8 Å². The zero-order valence-electron chi connectivity index (χ0n) is 16.7. The second-order valence-electron chi connectivity index (χ2n) is 7.42. The maximum Gasteiger partial charge on any atom is 0.277 e. The van der Waals surface area contributed by atoms with Crippen molar-refractivity contribution in [1.82, 2.24) is 14.7 Å². The van der Waals surface area contributed by atoms with Gasteiger partial charge >= 0.3 is 0 Å². The summed E-state index contributed by atoms with van der Waals surface area (Å²) in [6, 6.07) is 5.99. The highest BCUT2D eigenvalue weighted by atomic mass is 16.5. The minimum atomic E-state index is -0.187. The summed E-state index contributed by atoms with van der Waals surface area (Å²) >= 11 is 0. The van der Waals surface area contributed by atoms with Crippen LogP contribution in [-0.2, 0) is 14.3 Å². The molecule has 0 N–H and O–H groups in total. The summed E-state index contributed by atoms with van der Waals surface area (Å²) < 4.78 is 5.09. The maximum atomic E-state index is 13.2. The maximum absolute atomic E-state index is 13.2. The number of methoxy groups -OCH3 is 1. The molecule has 27 heavy (non-hydrogen) atoms. The van der Waals surface area contributed by atoms with E-state index in [4.69, 9.17) is 4.74 Å². The summed E-state index contributed by atoms with van der Waals surface area (Å²) in [6.07, 6.45) is 0.643. The lowest BCUT2D eigenvalue weighted by atomic mass is 9.99. The van der Waals surface area contributed by atoms with E-state index in [0.717, 1.165) is 37.3 Å². The van der Waals surface area contributed by atoms with Gasteiger partial charge in [0.15, 0.2) is 0 Å². The minimum Gasteiger partial charge on any atom is -0.385 e. The summed E-state index contributed by atoms with van der Waals surface area (Å²) in [5.74, 6) is -0.359. The molecule has 6 nitrogen and oxygen atoms in total. The highest BCUT2D eigenvalue weighted by Gasteiger charge is 2.41. The summed E-state index contributed by atoms with van der Waals surface area (Å²) in [7, 11) is 3.71. The second-order valence-corrected chi connectivity index (χ2v) is 7.42. The van der Waals surface area contributed by atoms with Gasteiger partial charge in [-0.05, 0) is 44.0 Å². The highest BCUT2D eigenvalue weighted by Crippen LogP contribution is 2.33. The van der Waals surface area contributed by atoms with Gasteiger partial charge in [-0.25, -0.2) is 0 Å². The van der Waals surface area contributed by atoms with Crippen molar-refractivity contribution in [3.05, 3.63) is 40.6 Å². The molecule has 0 atom stereocenters. The van der Waals surface area contributed by atoms with Crippen LogP contribution in [0.5, 0.6) is 0 Å². The number of rotatable bonds is 6. The molecule has 2 aliphatic heterocycles. The van der Waals surface area contributed by atoms with Crippen LogP contribution in [0.25, 0.3) is 5.57 Å². The summed E-state index contributed by atoms with van der Waals surface area (Å²) in [5, 5.41) is 0. The van der Waals surface area contributed by atoms with Crippen molar-refractivity contribution in [3.63, 3.8) is 0 Å². The molecule has 2 aliphatic rings. The zero-order valence-corrected chi connectivity index (χ0v) is 16.7. The molecule has 1 saturated heterocycles. The number of amides is 2. The first-order valence-corrected chi connectivity index (χ1v) is 9.54. The third-order valence-electron chi connectivity index (χ3n) is 5.49. The van der Waals surface area contributed by atoms with Crippen LogP contribution in [-0.4, -0.2) is 80.0 Å². The molecule has 0 saturated carbocycles. The number of benzene rings is 1. The number of nitrogens with zero attached hydrogens (tertiary/aromatic N) is 3. The number of hydrogen-bond acceptors (Lipinski definition) is 5. The quantitative estimate of drug-likeness (QED) is 0.562.